The second-order valence-corrected chi connectivity index (χ2v) is 7.30. The highest BCUT2D eigenvalue weighted by atomic mass is 35.5. The molecule has 0 bridgehead atoms. The maximum atomic E-state index is 6.26. The molecule has 2 aromatic carbocycles. The van der Waals surface area contributed by atoms with E-state index in [1.807, 2.05) is 31.2 Å². The highest BCUT2D eigenvalue weighted by Gasteiger charge is 2.12. The standard InChI is InChI=1S/C18H15Cl3N4S/c1-11-4-2-5-12(8-11)22-18(26)23-17-16(21)10-25(24-17)9-13-14(19)6-3-7-15(13)20/h2-8,10H,9H2,1H3,(H2,22,23,24,26). The molecule has 0 unspecified atom stereocenters. The molecule has 0 fully saturated rings. The first-order chi connectivity index (χ1) is 12.4. The van der Waals surface area contributed by atoms with E-state index in [0.717, 1.165) is 16.8 Å². The summed E-state index contributed by atoms with van der Waals surface area (Å²) in [6.07, 6.45) is 1.69. The van der Waals surface area contributed by atoms with Gasteiger partial charge < -0.3 is 10.6 Å². The molecule has 1 heterocycles. The number of nitrogens with zero attached hydrogens (tertiary/aromatic N) is 2. The van der Waals surface area contributed by atoms with Gasteiger partial charge in [-0.05, 0) is 49.0 Å². The molecule has 3 rings (SSSR count). The first kappa shape index (κ1) is 19.0. The molecule has 4 nitrogen and oxygen atoms in total. The molecule has 0 aliphatic rings. The van der Waals surface area contributed by atoms with Crippen LogP contribution in [-0.2, 0) is 6.54 Å². The van der Waals surface area contributed by atoms with Gasteiger partial charge >= 0.3 is 0 Å². The number of rotatable bonds is 4. The number of thiocarbonyl (C=S) groups is 1. The summed E-state index contributed by atoms with van der Waals surface area (Å²) >= 11 is 24.0. The van der Waals surface area contributed by atoms with Gasteiger partial charge in [-0.2, -0.15) is 5.10 Å². The maximum Gasteiger partial charge on any atom is 0.176 e. The highest BCUT2D eigenvalue weighted by Crippen LogP contribution is 2.27. The van der Waals surface area contributed by atoms with Crippen LogP contribution in [0, 0.1) is 6.92 Å². The van der Waals surface area contributed by atoms with Gasteiger partial charge in [0.2, 0.25) is 0 Å². The summed E-state index contributed by atoms with van der Waals surface area (Å²) in [6, 6.07) is 13.3. The number of hydrogen-bond acceptors (Lipinski definition) is 2. The fourth-order valence-electron chi connectivity index (χ4n) is 2.40. The molecular formula is C18H15Cl3N4S. The minimum absolute atomic E-state index is 0.401. The molecule has 0 aliphatic heterocycles. The van der Waals surface area contributed by atoms with Crippen LogP contribution in [0.25, 0.3) is 0 Å². The predicted octanol–water partition coefficient (Wildman–Crippen LogP) is 6.01. The van der Waals surface area contributed by atoms with E-state index in [0.29, 0.717) is 32.5 Å². The molecule has 0 aliphatic carbocycles. The van der Waals surface area contributed by atoms with Crippen molar-refractivity contribution >= 4 is 63.6 Å². The molecule has 0 radical (unpaired) electrons. The van der Waals surface area contributed by atoms with Crippen LogP contribution in [0.4, 0.5) is 11.5 Å². The second-order valence-electron chi connectivity index (χ2n) is 5.67. The Morgan fingerprint density at radius 2 is 1.73 bits per heavy atom. The summed E-state index contributed by atoms with van der Waals surface area (Å²) in [5, 5.41) is 12.5. The summed E-state index contributed by atoms with van der Waals surface area (Å²) < 4.78 is 1.66. The van der Waals surface area contributed by atoms with Crippen molar-refractivity contribution in [3.63, 3.8) is 0 Å². The van der Waals surface area contributed by atoms with E-state index < -0.39 is 0 Å². The summed E-state index contributed by atoms with van der Waals surface area (Å²) in [4.78, 5) is 0. The van der Waals surface area contributed by atoms with Crippen molar-refractivity contribution in [3.8, 4) is 0 Å². The number of aromatic nitrogens is 2. The SMILES string of the molecule is Cc1cccc(NC(=S)Nc2nn(Cc3c(Cl)cccc3Cl)cc2Cl)c1. The number of anilines is 2. The van der Waals surface area contributed by atoms with Crippen LogP contribution in [0.5, 0.6) is 0 Å². The van der Waals surface area contributed by atoms with E-state index >= 15 is 0 Å². The lowest BCUT2D eigenvalue weighted by molar-refractivity contribution is 0.690. The average molecular weight is 426 g/mol. The molecule has 0 saturated carbocycles. The lowest BCUT2D eigenvalue weighted by atomic mass is 10.2. The number of halogens is 3. The van der Waals surface area contributed by atoms with Crippen LogP contribution in [0.1, 0.15) is 11.1 Å². The third kappa shape index (κ3) is 4.68. The second kappa shape index (κ2) is 8.27. The zero-order chi connectivity index (χ0) is 18.7. The average Bonchev–Trinajstić information content (AvgIpc) is 2.90. The minimum Gasteiger partial charge on any atom is -0.332 e. The van der Waals surface area contributed by atoms with Gasteiger partial charge in [0, 0.05) is 27.5 Å². The van der Waals surface area contributed by atoms with Crippen LogP contribution >= 0.6 is 47.0 Å². The molecule has 0 saturated heterocycles. The maximum absolute atomic E-state index is 6.26. The van der Waals surface area contributed by atoms with Crippen molar-refractivity contribution in [3.05, 3.63) is 74.9 Å². The lowest BCUT2D eigenvalue weighted by Gasteiger charge is -2.09. The van der Waals surface area contributed by atoms with E-state index in [2.05, 4.69) is 15.7 Å². The van der Waals surface area contributed by atoms with E-state index in [4.69, 9.17) is 47.0 Å². The van der Waals surface area contributed by atoms with Gasteiger partial charge in [-0.15, -0.1) is 0 Å². The molecule has 2 N–H and O–H groups in total. The topological polar surface area (TPSA) is 41.9 Å². The Hall–Kier alpha value is -1.79. The van der Waals surface area contributed by atoms with Crippen molar-refractivity contribution in [2.45, 2.75) is 13.5 Å². The van der Waals surface area contributed by atoms with E-state index in [-0.39, 0.29) is 0 Å². The van der Waals surface area contributed by atoms with Crippen molar-refractivity contribution in [1.29, 1.82) is 0 Å². The van der Waals surface area contributed by atoms with Crippen molar-refractivity contribution < 1.29 is 0 Å². The largest absolute Gasteiger partial charge is 0.332 e. The van der Waals surface area contributed by atoms with Gasteiger partial charge in [0.25, 0.3) is 0 Å². The molecule has 134 valence electrons. The number of nitrogens with one attached hydrogen (secondary N) is 2. The van der Waals surface area contributed by atoms with Crippen LogP contribution in [-0.4, -0.2) is 14.9 Å². The Bertz CT molecular complexity index is 935. The van der Waals surface area contributed by atoms with Gasteiger partial charge in [-0.1, -0.05) is 53.0 Å². The Labute approximate surface area is 172 Å². The van der Waals surface area contributed by atoms with Crippen LogP contribution in [0.3, 0.4) is 0 Å². The van der Waals surface area contributed by atoms with Gasteiger partial charge in [0.15, 0.2) is 10.9 Å². The number of aryl methyl sites for hydroxylation is 1. The molecule has 26 heavy (non-hydrogen) atoms. The summed E-state index contributed by atoms with van der Waals surface area (Å²) in [7, 11) is 0. The first-order valence-electron chi connectivity index (χ1n) is 7.73. The smallest absolute Gasteiger partial charge is 0.176 e. The van der Waals surface area contributed by atoms with Gasteiger partial charge in [0.05, 0.1) is 6.54 Å². The number of hydrogen-bond donors (Lipinski definition) is 2. The zero-order valence-corrected chi connectivity index (χ0v) is 16.8. The van der Waals surface area contributed by atoms with Gasteiger partial charge in [0.1, 0.15) is 5.02 Å². The Morgan fingerprint density at radius 1 is 1.04 bits per heavy atom. The van der Waals surface area contributed by atoms with E-state index in [1.165, 1.54) is 0 Å². The molecule has 0 atom stereocenters. The quantitative estimate of drug-likeness (QED) is 0.502. The Balaban J connectivity index is 1.71. The summed E-state index contributed by atoms with van der Waals surface area (Å²) in [5.74, 6) is 0.458. The van der Waals surface area contributed by atoms with E-state index in [9.17, 15) is 0 Å². The Kier molecular flexibility index (Phi) is 6.04. The number of benzene rings is 2. The monoisotopic (exact) mass is 424 g/mol. The van der Waals surface area contributed by atoms with E-state index in [1.54, 1.807) is 29.1 Å². The van der Waals surface area contributed by atoms with Crippen molar-refractivity contribution in [1.82, 2.24) is 9.78 Å². The minimum atomic E-state index is 0.401. The molecule has 8 heteroatoms. The third-order valence-corrected chi connectivity index (χ3v) is 4.80. The molecular weight excluding hydrogens is 411 g/mol. The van der Waals surface area contributed by atoms with Gasteiger partial charge in [-0.25, -0.2) is 0 Å². The van der Waals surface area contributed by atoms with Crippen LogP contribution in [0.2, 0.25) is 15.1 Å². The molecule has 0 spiro atoms. The fourth-order valence-corrected chi connectivity index (χ4v) is 3.33. The first-order valence-corrected chi connectivity index (χ1v) is 9.27. The fraction of sp³-hybridized carbons (Fsp3) is 0.111. The highest BCUT2D eigenvalue weighted by molar-refractivity contribution is 7.80. The van der Waals surface area contributed by atoms with Crippen LogP contribution < -0.4 is 10.6 Å². The molecule has 0 amide bonds. The lowest BCUT2D eigenvalue weighted by Crippen LogP contribution is -2.19. The summed E-state index contributed by atoms with van der Waals surface area (Å²) in [6.45, 7) is 2.41. The third-order valence-electron chi connectivity index (χ3n) is 3.61. The van der Waals surface area contributed by atoms with Crippen molar-refractivity contribution in [2.75, 3.05) is 10.6 Å². The summed E-state index contributed by atoms with van der Waals surface area (Å²) in [5.41, 5.74) is 2.81. The zero-order valence-electron chi connectivity index (χ0n) is 13.8. The predicted molar refractivity (Wildman–Crippen MR) is 114 cm³/mol. The molecule has 1 aromatic heterocycles. The van der Waals surface area contributed by atoms with Crippen LogP contribution in [0.15, 0.2) is 48.7 Å². The normalized spacial score (nSPS) is 10.6. The van der Waals surface area contributed by atoms with Gasteiger partial charge in [-0.3, -0.25) is 4.68 Å². The Morgan fingerprint density at radius 3 is 2.42 bits per heavy atom. The van der Waals surface area contributed by atoms with Crippen molar-refractivity contribution in [2.24, 2.45) is 0 Å². The molecule has 3 aromatic rings.